The van der Waals surface area contributed by atoms with Crippen molar-refractivity contribution in [2.75, 3.05) is 5.32 Å². The molecule has 0 aliphatic heterocycles. The topological polar surface area (TPSA) is 63.8 Å². The largest absolute Gasteiger partial charge is 0.363 e. The van der Waals surface area contributed by atoms with Gasteiger partial charge in [0.25, 0.3) is 5.89 Å². The summed E-state index contributed by atoms with van der Waals surface area (Å²) in [5.74, 6) is 3.01. The van der Waals surface area contributed by atoms with Crippen molar-refractivity contribution >= 4 is 5.82 Å². The van der Waals surface area contributed by atoms with Crippen LogP contribution in [0.25, 0.3) is 11.5 Å². The molecule has 2 heterocycles. The van der Waals surface area contributed by atoms with Gasteiger partial charge in [0.2, 0.25) is 0 Å². The first kappa shape index (κ1) is 15.8. The van der Waals surface area contributed by atoms with Crippen molar-refractivity contribution in [3.05, 3.63) is 60.0 Å². The molecule has 0 bridgehead atoms. The fourth-order valence-corrected chi connectivity index (χ4v) is 2.95. The molecule has 0 spiro atoms. The van der Waals surface area contributed by atoms with Gasteiger partial charge in [0.15, 0.2) is 5.82 Å². The van der Waals surface area contributed by atoms with E-state index in [1.54, 1.807) is 6.20 Å². The highest BCUT2D eigenvalue weighted by Gasteiger charge is 2.32. The molecule has 5 nitrogen and oxygen atoms in total. The highest BCUT2D eigenvalue weighted by molar-refractivity contribution is 5.58. The van der Waals surface area contributed by atoms with Gasteiger partial charge in [-0.25, -0.2) is 4.98 Å². The van der Waals surface area contributed by atoms with Crippen LogP contribution < -0.4 is 5.32 Å². The molecule has 1 aliphatic rings. The third-order valence-corrected chi connectivity index (χ3v) is 4.52. The zero-order chi connectivity index (χ0) is 17.2. The molecule has 2 aromatic heterocycles. The van der Waals surface area contributed by atoms with Gasteiger partial charge in [-0.2, -0.15) is 4.98 Å². The maximum absolute atomic E-state index is 5.40. The van der Waals surface area contributed by atoms with Crippen molar-refractivity contribution in [1.82, 2.24) is 15.1 Å². The van der Waals surface area contributed by atoms with E-state index in [2.05, 4.69) is 44.7 Å². The lowest BCUT2D eigenvalue weighted by molar-refractivity contribution is 0.419. The second-order valence-electron chi connectivity index (χ2n) is 6.91. The summed E-state index contributed by atoms with van der Waals surface area (Å²) in [7, 11) is 0. The molecule has 1 atom stereocenters. The molecule has 128 valence electrons. The second-order valence-corrected chi connectivity index (χ2v) is 6.91. The first-order chi connectivity index (χ1) is 12.2. The lowest BCUT2D eigenvalue weighted by Crippen LogP contribution is -2.13. The summed E-state index contributed by atoms with van der Waals surface area (Å²) in [6.07, 6.45) is 4.30. The smallest absolute Gasteiger partial charge is 0.258 e. The number of hydrogen-bond acceptors (Lipinski definition) is 5. The van der Waals surface area contributed by atoms with E-state index in [-0.39, 0.29) is 12.0 Å². The fraction of sp³-hybridized carbons (Fsp3) is 0.350. The third kappa shape index (κ3) is 3.55. The van der Waals surface area contributed by atoms with Crippen LogP contribution in [0, 0.1) is 5.92 Å². The van der Waals surface area contributed by atoms with Crippen LogP contribution >= 0.6 is 0 Å². The molecule has 1 fully saturated rings. The molecule has 5 heteroatoms. The van der Waals surface area contributed by atoms with Gasteiger partial charge in [-0.1, -0.05) is 49.3 Å². The van der Waals surface area contributed by atoms with Crippen LogP contribution in [-0.4, -0.2) is 15.1 Å². The maximum atomic E-state index is 5.40. The molecule has 0 saturated heterocycles. The average molecular weight is 334 g/mol. The lowest BCUT2D eigenvalue weighted by atomic mass is 10.0. The van der Waals surface area contributed by atoms with Gasteiger partial charge in [-0.15, -0.1) is 0 Å². The average Bonchev–Trinajstić information content (AvgIpc) is 3.35. The number of aromatic nitrogens is 3. The van der Waals surface area contributed by atoms with Crippen LogP contribution in [-0.2, 0) is 0 Å². The van der Waals surface area contributed by atoms with E-state index in [4.69, 9.17) is 4.52 Å². The van der Waals surface area contributed by atoms with Gasteiger partial charge >= 0.3 is 0 Å². The second kappa shape index (κ2) is 6.67. The summed E-state index contributed by atoms with van der Waals surface area (Å²) in [4.78, 5) is 8.95. The van der Waals surface area contributed by atoms with Crippen LogP contribution in [0.1, 0.15) is 50.0 Å². The summed E-state index contributed by atoms with van der Waals surface area (Å²) >= 11 is 0. The summed E-state index contributed by atoms with van der Waals surface area (Å²) in [5, 5.41) is 7.64. The van der Waals surface area contributed by atoms with Gasteiger partial charge in [-0.3, -0.25) is 0 Å². The molecule has 4 rings (SSSR count). The Bertz CT molecular complexity index is 840. The normalized spacial score (nSPS) is 15.3. The number of anilines is 1. The third-order valence-electron chi connectivity index (χ3n) is 4.52. The van der Waals surface area contributed by atoms with E-state index in [0.29, 0.717) is 11.8 Å². The quantitative estimate of drug-likeness (QED) is 0.700. The Morgan fingerprint density at radius 2 is 1.92 bits per heavy atom. The number of nitrogens with zero attached hydrogens (tertiary/aromatic N) is 3. The highest BCUT2D eigenvalue weighted by atomic mass is 16.5. The maximum Gasteiger partial charge on any atom is 0.258 e. The Morgan fingerprint density at radius 3 is 2.60 bits per heavy atom. The van der Waals surface area contributed by atoms with E-state index >= 15 is 0 Å². The summed E-state index contributed by atoms with van der Waals surface area (Å²) in [5.41, 5.74) is 2.19. The molecule has 1 aliphatic carbocycles. The standard InChI is InChI=1S/C20H22N4O/c1-13(2)19-23-20(25-24-19)16-10-11-21-17(12-16)22-18(15-8-9-15)14-6-4-3-5-7-14/h3-7,10-13,15,18H,8-9H2,1-2H3,(H,21,22). The number of hydrogen-bond donors (Lipinski definition) is 1. The highest BCUT2D eigenvalue weighted by Crippen LogP contribution is 2.42. The van der Waals surface area contributed by atoms with E-state index in [9.17, 15) is 0 Å². The van der Waals surface area contributed by atoms with E-state index < -0.39 is 0 Å². The molecular weight excluding hydrogens is 312 g/mol. The predicted octanol–water partition coefficient (Wildman–Crippen LogP) is 4.82. The Labute approximate surface area is 147 Å². The molecule has 1 saturated carbocycles. The van der Waals surface area contributed by atoms with E-state index in [1.165, 1.54) is 18.4 Å². The Balaban J connectivity index is 1.58. The molecule has 0 amide bonds. The minimum atomic E-state index is 0.245. The van der Waals surface area contributed by atoms with Crippen molar-refractivity contribution in [3.63, 3.8) is 0 Å². The summed E-state index contributed by atoms with van der Waals surface area (Å²) in [6, 6.07) is 14.7. The van der Waals surface area contributed by atoms with Crippen molar-refractivity contribution in [3.8, 4) is 11.5 Å². The molecular formula is C20H22N4O. The minimum absolute atomic E-state index is 0.245. The zero-order valence-electron chi connectivity index (χ0n) is 14.5. The van der Waals surface area contributed by atoms with Crippen molar-refractivity contribution < 1.29 is 4.52 Å². The Hall–Kier alpha value is -2.69. The lowest BCUT2D eigenvalue weighted by Gasteiger charge is -2.19. The Kier molecular flexibility index (Phi) is 4.22. The number of pyridine rings is 1. The molecule has 1 aromatic carbocycles. The van der Waals surface area contributed by atoms with E-state index in [1.807, 2.05) is 32.0 Å². The molecule has 3 aromatic rings. The fourth-order valence-electron chi connectivity index (χ4n) is 2.95. The Morgan fingerprint density at radius 1 is 1.12 bits per heavy atom. The first-order valence-electron chi connectivity index (χ1n) is 8.82. The first-order valence-corrected chi connectivity index (χ1v) is 8.82. The zero-order valence-corrected chi connectivity index (χ0v) is 14.5. The minimum Gasteiger partial charge on any atom is -0.363 e. The summed E-state index contributed by atoms with van der Waals surface area (Å²) < 4.78 is 5.40. The monoisotopic (exact) mass is 334 g/mol. The molecule has 25 heavy (non-hydrogen) atoms. The SMILES string of the molecule is CC(C)c1noc(-c2ccnc(NC(c3ccccc3)C3CC3)c2)n1. The van der Waals surface area contributed by atoms with Gasteiger partial charge in [-0.05, 0) is 36.5 Å². The van der Waals surface area contributed by atoms with Gasteiger partial charge in [0, 0.05) is 17.7 Å². The van der Waals surface area contributed by atoms with Crippen LogP contribution in [0.2, 0.25) is 0 Å². The van der Waals surface area contributed by atoms with Crippen molar-refractivity contribution in [1.29, 1.82) is 0 Å². The van der Waals surface area contributed by atoms with Crippen molar-refractivity contribution in [2.24, 2.45) is 5.92 Å². The molecule has 0 radical (unpaired) electrons. The van der Waals surface area contributed by atoms with Crippen LogP contribution in [0.15, 0.2) is 53.2 Å². The predicted molar refractivity (Wildman–Crippen MR) is 97.1 cm³/mol. The van der Waals surface area contributed by atoms with Gasteiger partial charge in [0.1, 0.15) is 5.82 Å². The van der Waals surface area contributed by atoms with Gasteiger partial charge < -0.3 is 9.84 Å². The number of rotatable bonds is 6. The van der Waals surface area contributed by atoms with Gasteiger partial charge in [0.05, 0.1) is 6.04 Å². The number of nitrogens with one attached hydrogen (secondary N) is 1. The van der Waals surface area contributed by atoms with Crippen LogP contribution in [0.4, 0.5) is 5.82 Å². The summed E-state index contributed by atoms with van der Waals surface area (Å²) in [6.45, 7) is 4.10. The van der Waals surface area contributed by atoms with Crippen LogP contribution in [0.5, 0.6) is 0 Å². The number of benzene rings is 1. The van der Waals surface area contributed by atoms with Crippen LogP contribution in [0.3, 0.4) is 0 Å². The van der Waals surface area contributed by atoms with Crippen molar-refractivity contribution in [2.45, 2.75) is 38.6 Å². The molecule has 1 N–H and O–H groups in total. The van der Waals surface area contributed by atoms with E-state index in [0.717, 1.165) is 17.2 Å². The molecule has 1 unspecified atom stereocenters.